The molecular weight excluding hydrogens is 498 g/mol. The molecule has 10 nitrogen and oxygen atoms in total. The number of aliphatic hydroxyl groups is 1. The van der Waals surface area contributed by atoms with Crippen molar-refractivity contribution >= 4 is 45.2 Å². The van der Waals surface area contributed by atoms with E-state index in [4.69, 9.17) is 14.5 Å². The summed E-state index contributed by atoms with van der Waals surface area (Å²) < 4.78 is 12.4. The molecule has 4 aromatic rings. The van der Waals surface area contributed by atoms with Gasteiger partial charge < -0.3 is 34.8 Å². The average Bonchev–Trinajstić information content (AvgIpc) is 3.65. The molecule has 0 aliphatic carbocycles. The van der Waals surface area contributed by atoms with Crippen molar-refractivity contribution in [1.82, 2.24) is 14.5 Å². The smallest absolute Gasteiger partial charge is 0.356 e. The lowest BCUT2D eigenvalue weighted by Gasteiger charge is -2.27. The lowest BCUT2D eigenvalue weighted by atomic mass is 10.0. The lowest BCUT2D eigenvalue weighted by Crippen LogP contribution is -2.39. The van der Waals surface area contributed by atoms with E-state index in [9.17, 15) is 14.7 Å². The van der Waals surface area contributed by atoms with Crippen molar-refractivity contribution in [3.63, 3.8) is 0 Å². The Morgan fingerprint density at radius 2 is 2.10 bits per heavy atom. The topological polar surface area (TPSA) is 130 Å². The van der Waals surface area contributed by atoms with Crippen molar-refractivity contribution in [2.75, 3.05) is 31.0 Å². The van der Waals surface area contributed by atoms with Gasteiger partial charge in [-0.15, -0.1) is 0 Å². The van der Waals surface area contributed by atoms with Gasteiger partial charge in [-0.25, -0.2) is 9.78 Å². The Morgan fingerprint density at radius 3 is 2.82 bits per heavy atom. The van der Waals surface area contributed by atoms with E-state index in [1.165, 1.54) is 7.11 Å². The minimum absolute atomic E-state index is 0.212. The minimum Gasteiger partial charge on any atom is -0.464 e. The van der Waals surface area contributed by atoms with E-state index in [2.05, 4.69) is 21.7 Å². The summed E-state index contributed by atoms with van der Waals surface area (Å²) in [6, 6.07) is 9.63. The third kappa shape index (κ3) is 5.35. The van der Waals surface area contributed by atoms with Crippen LogP contribution in [-0.2, 0) is 27.2 Å². The minimum atomic E-state index is -0.975. The molecule has 3 aromatic heterocycles. The van der Waals surface area contributed by atoms with Crippen LogP contribution in [0.3, 0.4) is 0 Å². The molecule has 1 fully saturated rings. The van der Waals surface area contributed by atoms with Crippen molar-refractivity contribution < 1.29 is 24.2 Å². The molecule has 1 aliphatic rings. The number of methoxy groups -OCH3 is 1. The number of nitrogens with zero attached hydrogens (tertiary/aromatic N) is 2. The number of pyridine rings is 1. The zero-order valence-corrected chi connectivity index (χ0v) is 22.7. The number of benzene rings is 1. The predicted octanol–water partition coefficient (Wildman–Crippen LogP) is 4.09. The van der Waals surface area contributed by atoms with Crippen LogP contribution in [0.2, 0.25) is 0 Å². The number of amides is 1. The van der Waals surface area contributed by atoms with Crippen molar-refractivity contribution in [3.8, 4) is 0 Å². The van der Waals surface area contributed by atoms with Crippen LogP contribution in [-0.4, -0.2) is 63.5 Å². The molecule has 2 atom stereocenters. The molecule has 39 heavy (non-hydrogen) atoms. The summed E-state index contributed by atoms with van der Waals surface area (Å²) >= 11 is 0. The van der Waals surface area contributed by atoms with Gasteiger partial charge in [0.25, 0.3) is 0 Å². The summed E-state index contributed by atoms with van der Waals surface area (Å²) in [7, 11) is 1.33. The number of anilines is 2. The fourth-order valence-electron chi connectivity index (χ4n) is 4.92. The molecule has 1 saturated heterocycles. The van der Waals surface area contributed by atoms with Crippen LogP contribution < -0.4 is 10.6 Å². The van der Waals surface area contributed by atoms with Crippen LogP contribution in [0.15, 0.2) is 42.7 Å². The maximum absolute atomic E-state index is 13.2. The van der Waals surface area contributed by atoms with Crippen LogP contribution >= 0.6 is 0 Å². The van der Waals surface area contributed by atoms with Gasteiger partial charge in [0.05, 0.1) is 48.8 Å². The molecule has 0 bridgehead atoms. The molecule has 10 heteroatoms. The predicted molar refractivity (Wildman–Crippen MR) is 150 cm³/mol. The number of aromatic nitrogens is 3. The number of hydrogen-bond donors (Lipinski definition) is 4. The zero-order chi connectivity index (χ0) is 27.7. The van der Waals surface area contributed by atoms with Crippen molar-refractivity contribution in [3.05, 3.63) is 54.0 Å². The largest absolute Gasteiger partial charge is 0.464 e. The maximum atomic E-state index is 13.2. The Bertz CT molecular complexity index is 1510. The first kappa shape index (κ1) is 26.7. The number of carbonyl (C=O) groups excluding carboxylic acids is 2. The van der Waals surface area contributed by atoms with E-state index in [1.54, 1.807) is 20.0 Å². The van der Waals surface area contributed by atoms with Gasteiger partial charge in [0.15, 0.2) is 5.69 Å². The number of rotatable bonds is 9. The molecule has 1 amide bonds. The van der Waals surface area contributed by atoms with Gasteiger partial charge in [-0.3, -0.25) is 4.79 Å². The van der Waals surface area contributed by atoms with Crippen LogP contribution in [0, 0.1) is 5.92 Å². The highest BCUT2D eigenvalue weighted by Gasteiger charge is 2.30. The monoisotopic (exact) mass is 533 g/mol. The summed E-state index contributed by atoms with van der Waals surface area (Å²) in [4.78, 5) is 34.4. The standard InChI is InChI=1S/C29H35N5O5/c1-17(29(2,3)37)32-20-13-22-24(33-27(35)19-10-12-39-16-19)25(28(36)38-4)34(26(22)31-15-20)11-9-18-14-30-23-8-6-5-7-21(18)23/h5-8,13-15,17,19,30,32,37H,9-12,16H2,1-4H3,(H,33,35). The molecule has 4 heterocycles. The van der Waals surface area contributed by atoms with Crippen molar-refractivity contribution in [1.29, 1.82) is 0 Å². The Hall–Kier alpha value is -3.89. The Labute approximate surface area is 226 Å². The van der Waals surface area contributed by atoms with Crippen LogP contribution in [0.5, 0.6) is 0 Å². The van der Waals surface area contributed by atoms with Crippen LogP contribution in [0.1, 0.15) is 43.2 Å². The van der Waals surface area contributed by atoms with E-state index >= 15 is 0 Å². The summed E-state index contributed by atoms with van der Waals surface area (Å²) in [5, 5.41) is 18.4. The van der Waals surface area contributed by atoms with Crippen LogP contribution in [0.25, 0.3) is 21.9 Å². The SMILES string of the molecule is COC(=O)c1c(NC(=O)C2CCOC2)c2cc(NC(C)C(C)(C)O)cnc2n1CCc1c[nH]c2ccccc12. The highest BCUT2D eigenvalue weighted by molar-refractivity contribution is 6.11. The van der Waals surface area contributed by atoms with E-state index in [0.29, 0.717) is 55.0 Å². The fourth-order valence-corrected chi connectivity index (χ4v) is 4.92. The van der Waals surface area contributed by atoms with E-state index in [0.717, 1.165) is 16.5 Å². The molecular formula is C29H35N5O5. The molecule has 0 spiro atoms. The van der Waals surface area contributed by atoms with E-state index in [1.807, 2.05) is 42.0 Å². The molecule has 0 radical (unpaired) electrons. The second-order valence-electron chi connectivity index (χ2n) is 10.6. The number of carbonyl (C=O) groups is 2. The molecule has 206 valence electrons. The van der Waals surface area contributed by atoms with Gasteiger partial charge in [-0.1, -0.05) is 18.2 Å². The number of para-hydroxylation sites is 1. The first-order valence-corrected chi connectivity index (χ1v) is 13.2. The first-order valence-electron chi connectivity index (χ1n) is 13.2. The Morgan fingerprint density at radius 1 is 1.31 bits per heavy atom. The summed E-state index contributed by atoms with van der Waals surface area (Å²) in [5.41, 5.74) is 2.97. The second kappa shape index (κ2) is 10.7. The summed E-state index contributed by atoms with van der Waals surface area (Å²) in [5.74, 6) is -1.08. The number of fused-ring (bicyclic) bond motifs is 2. The number of aromatic amines is 1. The van der Waals surface area contributed by atoms with Gasteiger partial charge in [0, 0.05) is 35.6 Å². The van der Waals surface area contributed by atoms with Gasteiger partial charge >= 0.3 is 5.97 Å². The number of aryl methyl sites for hydroxylation is 2. The number of hydrogen-bond acceptors (Lipinski definition) is 7. The third-order valence-electron chi connectivity index (χ3n) is 7.55. The van der Waals surface area contributed by atoms with Crippen molar-refractivity contribution in [2.45, 2.75) is 51.8 Å². The maximum Gasteiger partial charge on any atom is 0.356 e. The average molecular weight is 534 g/mol. The molecule has 0 saturated carbocycles. The van der Waals surface area contributed by atoms with Gasteiger partial charge in [-0.2, -0.15) is 0 Å². The quantitative estimate of drug-likeness (QED) is 0.238. The molecule has 5 rings (SSSR count). The third-order valence-corrected chi connectivity index (χ3v) is 7.55. The highest BCUT2D eigenvalue weighted by atomic mass is 16.5. The number of H-pyrrole nitrogens is 1. The molecule has 1 aliphatic heterocycles. The molecule has 4 N–H and O–H groups in total. The van der Waals surface area contributed by atoms with Gasteiger partial charge in [0.1, 0.15) is 5.65 Å². The van der Waals surface area contributed by atoms with Gasteiger partial charge in [0.2, 0.25) is 5.91 Å². The van der Waals surface area contributed by atoms with E-state index in [-0.39, 0.29) is 23.6 Å². The normalized spacial score (nSPS) is 16.5. The Kier molecular flexibility index (Phi) is 7.33. The first-order chi connectivity index (χ1) is 18.7. The fraction of sp³-hybridized carbons (Fsp3) is 0.414. The second-order valence-corrected chi connectivity index (χ2v) is 10.6. The van der Waals surface area contributed by atoms with Gasteiger partial charge in [-0.05, 0) is 51.3 Å². The van der Waals surface area contributed by atoms with Crippen LogP contribution in [0.4, 0.5) is 11.4 Å². The number of nitrogens with one attached hydrogen (secondary N) is 3. The Balaban J connectivity index is 1.59. The van der Waals surface area contributed by atoms with Crippen molar-refractivity contribution in [2.24, 2.45) is 5.92 Å². The molecule has 2 unspecified atom stereocenters. The molecule has 1 aromatic carbocycles. The summed E-state index contributed by atoms with van der Waals surface area (Å²) in [6.45, 7) is 6.63. The van der Waals surface area contributed by atoms with E-state index < -0.39 is 11.6 Å². The lowest BCUT2D eigenvalue weighted by molar-refractivity contribution is -0.119. The highest BCUT2D eigenvalue weighted by Crippen LogP contribution is 2.34. The zero-order valence-electron chi connectivity index (χ0n) is 22.7. The number of ether oxygens (including phenoxy) is 2. The number of esters is 1. The summed E-state index contributed by atoms with van der Waals surface area (Å²) in [6.07, 6.45) is 4.89.